The van der Waals surface area contributed by atoms with Gasteiger partial charge in [-0.05, 0) is 75.7 Å². The molecule has 192 valence electrons. The third-order valence-electron chi connectivity index (χ3n) is 6.35. The zero-order chi connectivity index (χ0) is 26.7. The lowest BCUT2D eigenvalue weighted by atomic mass is 9.94. The Morgan fingerprint density at radius 3 is 2.30 bits per heavy atom. The summed E-state index contributed by atoms with van der Waals surface area (Å²) < 4.78 is 5.77. The fourth-order valence-corrected chi connectivity index (χ4v) is 4.83. The highest BCUT2D eigenvalue weighted by atomic mass is 35.5. The minimum atomic E-state index is -0.834. The second kappa shape index (κ2) is 11.1. The maximum Gasteiger partial charge on any atom is 0.300 e. The first-order valence-electron chi connectivity index (χ1n) is 12.4. The van der Waals surface area contributed by atoms with E-state index in [0.717, 1.165) is 18.8 Å². The number of carbonyl (C=O) groups is 2. The highest BCUT2D eigenvalue weighted by Gasteiger charge is 2.47. The lowest BCUT2D eigenvalue weighted by Gasteiger charge is -2.27. The topological polar surface area (TPSA) is 70.1 Å². The number of hydrogen-bond donors (Lipinski definition) is 1. The smallest absolute Gasteiger partial charge is 0.300 e. The van der Waals surface area contributed by atoms with Crippen molar-refractivity contribution in [1.29, 1.82) is 0 Å². The minimum absolute atomic E-state index is 0.0160. The van der Waals surface area contributed by atoms with E-state index in [9.17, 15) is 14.7 Å². The quantitative estimate of drug-likeness (QED) is 0.207. The zero-order valence-electron chi connectivity index (χ0n) is 21.4. The second-order valence-electron chi connectivity index (χ2n) is 9.11. The van der Waals surface area contributed by atoms with E-state index in [2.05, 4.69) is 18.7 Å². The number of benzene rings is 3. The van der Waals surface area contributed by atoms with Crippen molar-refractivity contribution in [2.24, 2.45) is 0 Å². The predicted octanol–water partition coefficient (Wildman–Crippen LogP) is 6.60. The molecule has 1 heterocycles. The van der Waals surface area contributed by atoms with Gasteiger partial charge in [0, 0.05) is 35.1 Å². The maximum absolute atomic E-state index is 13.4. The normalized spacial score (nSPS) is 16.9. The Morgan fingerprint density at radius 1 is 1.00 bits per heavy atom. The summed E-state index contributed by atoms with van der Waals surface area (Å²) in [6.07, 6.45) is -0.0601. The maximum atomic E-state index is 13.4. The molecule has 1 N–H and O–H groups in total. The molecule has 3 aromatic carbocycles. The molecule has 1 aliphatic heterocycles. The molecule has 0 spiro atoms. The van der Waals surface area contributed by atoms with Gasteiger partial charge in [0.05, 0.1) is 17.7 Å². The number of Topliss-reactive ketones (excluding diaryl/α,β-unsaturated/α-hetero) is 1. The number of halogens is 1. The van der Waals surface area contributed by atoms with Crippen LogP contribution in [0.1, 0.15) is 44.9 Å². The van der Waals surface area contributed by atoms with E-state index < -0.39 is 17.7 Å². The Labute approximate surface area is 222 Å². The van der Waals surface area contributed by atoms with Crippen LogP contribution in [-0.4, -0.2) is 36.0 Å². The lowest BCUT2D eigenvalue weighted by Crippen LogP contribution is -2.29. The van der Waals surface area contributed by atoms with Gasteiger partial charge < -0.3 is 14.7 Å². The van der Waals surface area contributed by atoms with Crippen LogP contribution in [0.15, 0.2) is 78.4 Å². The van der Waals surface area contributed by atoms with E-state index in [1.54, 1.807) is 48.5 Å². The standard InChI is InChI=1S/C30H31ClN2O4/c1-5-32(6-2)23-15-13-20(14-16-23)27-26(28(34)21-9-7-12-25(17-21)37-19(3)4)29(35)30(36)33(27)24-11-8-10-22(31)18-24/h7-19,27,34H,5-6H2,1-4H3/b28-26+. The van der Waals surface area contributed by atoms with Crippen molar-refractivity contribution in [2.45, 2.75) is 39.8 Å². The molecule has 0 bridgehead atoms. The summed E-state index contributed by atoms with van der Waals surface area (Å²) in [6.45, 7) is 9.69. The molecule has 1 saturated heterocycles. The highest BCUT2D eigenvalue weighted by molar-refractivity contribution is 6.51. The Balaban J connectivity index is 1.88. The van der Waals surface area contributed by atoms with Gasteiger partial charge in [0.15, 0.2) is 0 Å². The van der Waals surface area contributed by atoms with E-state index in [4.69, 9.17) is 16.3 Å². The van der Waals surface area contributed by atoms with E-state index in [1.165, 1.54) is 4.90 Å². The van der Waals surface area contributed by atoms with Crippen molar-refractivity contribution in [3.05, 3.63) is 94.5 Å². The molecule has 37 heavy (non-hydrogen) atoms. The largest absolute Gasteiger partial charge is 0.507 e. The lowest BCUT2D eigenvalue weighted by molar-refractivity contribution is -0.132. The highest BCUT2D eigenvalue weighted by Crippen LogP contribution is 2.43. The summed E-state index contributed by atoms with van der Waals surface area (Å²) in [4.78, 5) is 30.4. The van der Waals surface area contributed by atoms with Crippen LogP contribution in [0.4, 0.5) is 11.4 Å². The second-order valence-corrected chi connectivity index (χ2v) is 9.54. The van der Waals surface area contributed by atoms with Crippen molar-refractivity contribution >= 4 is 40.4 Å². The minimum Gasteiger partial charge on any atom is -0.507 e. The molecule has 1 unspecified atom stereocenters. The van der Waals surface area contributed by atoms with Crippen molar-refractivity contribution < 1.29 is 19.4 Å². The van der Waals surface area contributed by atoms with E-state index in [-0.39, 0.29) is 17.4 Å². The first kappa shape index (κ1) is 26.3. The van der Waals surface area contributed by atoms with Gasteiger partial charge in [0.2, 0.25) is 0 Å². The number of rotatable bonds is 8. The SMILES string of the molecule is CCN(CC)c1ccc(C2/C(=C(\O)c3cccc(OC(C)C)c3)C(=O)C(=O)N2c2cccc(Cl)c2)cc1. The van der Waals surface area contributed by atoms with Crippen molar-refractivity contribution in [3.63, 3.8) is 0 Å². The monoisotopic (exact) mass is 518 g/mol. The Morgan fingerprint density at radius 2 is 1.68 bits per heavy atom. The van der Waals surface area contributed by atoms with Gasteiger partial charge in [-0.1, -0.05) is 41.9 Å². The van der Waals surface area contributed by atoms with Crippen molar-refractivity contribution in [1.82, 2.24) is 0 Å². The number of carbonyl (C=O) groups excluding carboxylic acids is 2. The van der Waals surface area contributed by atoms with Crippen molar-refractivity contribution in [3.8, 4) is 5.75 Å². The number of ketones is 1. The van der Waals surface area contributed by atoms with Crippen LogP contribution in [0.3, 0.4) is 0 Å². The first-order valence-corrected chi connectivity index (χ1v) is 12.8. The molecule has 1 amide bonds. The van der Waals surface area contributed by atoms with Crippen LogP contribution < -0.4 is 14.5 Å². The van der Waals surface area contributed by atoms with Crippen LogP contribution in [0.5, 0.6) is 5.75 Å². The van der Waals surface area contributed by atoms with Crippen LogP contribution in [0.25, 0.3) is 5.76 Å². The molecule has 1 atom stereocenters. The van der Waals surface area contributed by atoms with E-state index in [0.29, 0.717) is 27.6 Å². The summed E-state index contributed by atoms with van der Waals surface area (Å²) in [5.74, 6) is -1.18. The van der Waals surface area contributed by atoms with Gasteiger partial charge in [-0.15, -0.1) is 0 Å². The average molecular weight is 519 g/mol. The van der Waals surface area contributed by atoms with Gasteiger partial charge in [-0.2, -0.15) is 0 Å². The first-order chi connectivity index (χ1) is 17.7. The van der Waals surface area contributed by atoms with Gasteiger partial charge in [-0.25, -0.2) is 0 Å². The molecule has 0 saturated carbocycles. The van der Waals surface area contributed by atoms with E-state index in [1.807, 2.05) is 38.1 Å². The molecule has 7 heteroatoms. The summed E-state index contributed by atoms with van der Waals surface area (Å²) in [7, 11) is 0. The zero-order valence-corrected chi connectivity index (χ0v) is 22.2. The number of aliphatic hydroxyl groups excluding tert-OH is 1. The Bertz CT molecular complexity index is 1330. The number of hydrogen-bond acceptors (Lipinski definition) is 5. The summed E-state index contributed by atoms with van der Waals surface area (Å²) in [5, 5.41) is 11.9. The molecule has 1 fully saturated rings. The number of anilines is 2. The summed E-state index contributed by atoms with van der Waals surface area (Å²) in [6, 6.07) is 20.6. The number of nitrogens with zero attached hydrogens (tertiary/aromatic N) is 2. The molecule has 3 aromatic rings. The van der Waals surface area contributed by atoms with Gasteiger partial charge >= 0.3 is 0 Å². The molecule has 6 nitrogen and oxygen atoms in total. The molecule has 0 aromatic heterocycles. The van der Waals surface area contributed by atoms with Crippen LogP contribution >= 0.6 is 11.6 Å². The summed E-state index contributed by atoms with van der Waals surface area (Å²) >= 11 is 6.24. The Kier molecular flexibility index (Phi) is 7.89. The average Bonchev–Trinajstić information content (AvgIpc) is 3.15. The van der Waals surface area contributed by atoms with Gasteiger partial charge in [0.1, 0.15) is 11.5 Å². The molecule has 0 radical (unpaired) electrons. The fraction of sp³-hybridized carbons (Fsp3) is 0.267. The van der Waals surface area contributed by atoms with Crippen LogP contribution in [0, 0.1) is 0 Å². The van der Waals surface area contributed by atoms with Gasteiger partial charge in [0.25, 0.3) is 11.7 Å². The number of aliphatic hydroxyl groups is 1. The molecule has 0 aliphatic carbocycles. The molecule has 4 rings (SSSR count). The third-order valence-corrected chi connectivity index (χ3v) is 6.58. The van der Waals surface area contributed by atoms with Crippen LogP contribution in [-0.2, 0) is 9.59 Å². The van der Waals surface area contributed by atoms with E-state index >= 15 is 0 Å². The predicted molar refractivity (Wildman–Crippen MR) is 148 cm³/mol. The third kappa shape index (κ3) is 5.35. The molecule has 1 aliphatic rings. The Hall–Kier alpha value is -3.77. The molecular formula is C30H31ClN2O4. The number of amides is 1. The van der Waals surface area contributed by atoms with Crippen molar-refractivity contribution in [2.75, 3.05) is 22.9 Å². The summed E-state index contributed by atoms with van der Waals surface area (Å²) in [5.41, 5.74) is 2.62. The van der Waals surface area contributed by atoms with Crippen LogP contribution in [0.2, 0.25) is 5.02 Å². The molecular weight excluding hydrogens is 488 g/mol. The number of ether oxygens (including phenoxy) is 1. The fourth-order valence-electron chi connectivity index (χ4n) is 4.64. The van der Waals surface area contributed by atoms with Gasteiger partial charge in [-0.3, -0.25) is 14.5 Å².